The number of rotatable bonds is 4. The van der Waals surface area contributed by atoms with Crippen molar-refractivity contribution >= 4 is 29.4 Å². The molecule has 1 fully saturated rings. The van der Waals surface area contributed by atoms with E-state index in [0.29, 0.717) is 0 Å². The highest BCUT2D eigenvalue weighted by Crippen LogP contribution is 2.21. The van der Waals surface area contributed by atoms with E-state index in [0.717, 1.165) is 4.68 Å². The maximum Gasteiger partial charge on any atom is 0.358 e. The summed E-state index contributed by atoms with van der Waals surface area (Å²) < 4.78 is 15.0. The molecule has 142 valence electrons. The second-order valence-corrected chi connectivity index (χ2v) is 6.28. The van der Waals surface area contributed by atoms with Crippen molar-refractivity contribution in [3.63, 3.8) is 0 Å². The van der Waals surface area contributed by atoms with Gasteiger partial charge in [0.1, 0.15) is 12.4 Å². The van der Waals surface area contributed by atoms with Gasteiger partial charge in [0.05, 0.1) is 16.8 Å². The minimum atomic E-state index is -1.23. The number of piperazine rings is 1. The summed E-state index contributed by atoms with van der Waals surface area (Å²) in [6, 6.07) is 4.04. The highest BCUT2D eigenvalue weighted by molar-refractivity contribution is 6.33. The minimum Gasteiger partial charge on any atom is -0.476 e. The fourth-order valence-corrected chi connectivity index (χ4v) is 2.98. The van der Waals surface area contributed by atoms with E-state index in [2.05, 4.69) is 10.3 Å². The zero-order chi connectivity index (χ0) is 19.6. The van der Waals surface area contributed by atoms with Gasteiger partial charge in [-0.1, -0.05) is 22.9 Å². The van der Waals surface area contributed by atoms with Gasteiger partial charge in [-0.25, -0.2) is 13.9 Å². The third kappa shape index (κ3) is 4.05. The second-order valence-electron chi connectivity index (χ2n) is 5.88. The van der Waals surface area contributed by atoms with Crippen LogP contribution in [0.25, 0.3) is 0 Å². The molecule has 11 heteroatoms. The molecular weight excluding hydrogens is 381 g/mol. The van der Waals surface area contributed by atoms with Crippen LogP contribution in [0.2, 0.25) is 5.02 Å². The van der Waals surface area contributed by atoms with Crippen molar-refractivity contribution in [2.24, 2.45) is 0 Å². The van der Waals surface area contributed by atoms with Gasteiger partial charge in [-0.05, 0) is 12.1 Å². The minimum absolute atomic E-state index is 0.0407. The maximum absolute atomic E-state index is 13.9. The number of hydrogen-bond acceptors (Lipinski definition) is 5. The van der Waals surface area contributed by atoms with E-state index in [1.54, 1.807) is 0 Å². The zero-order valence-electron chi connectivity index (χ0n) is 14.0. The van der Waals surface area contributed by atoms with Crippen LogP contribution >= 0.6 is 11.6 Å². The molecule has 0 radical (unpaired) electrons. The maximum atomic E-state index is 13.9. The fourth-order valence-electron chi connectivity index (χ4n) is 2.73. The van der Waals surface area contributed by atoms with Crippen molar-refractivity contribution in [3.05, 3.63) is 46.5 Å². The van der Waals surface area contributed by atoms with Crippen LogP contribution in [-0.4, -0.2) is 73.9 Å². The van der Waals surface area contributed by atoms with Crippen LogP contribution in [-0.2, 0) is 11.3 Å². The van der Waals surface area contributed by atoms with E-state index in [9.17, 15) is 18.8 Å². The lowest BCUT2D eigenvalue weighted by Gasteiger charge is -2.35. The van der Waals surface area contributed by atoms with Gasteiger partial charge in [-0.15, -0.1) is 5.10 Å². The summed E-state index contributed by atoms with van der Waals surface area (Å²) in [4.78, 5) is 38.5. The zero-order valence-corrected chi connectivity index (χ0v) is 14.8. The number of carbonyl (C=O) groups excluding carboxylic acids is 2. The molecule has 2 aromatic rings. The summed E-state index contributed by atoms with van der Waals surface area (Å²) in [7, 11) is 0. The molecule has 1 aromatic carbocycles. The van der Waals surface area contributed by atoms with Crippen LogP contribution in [0.3, 0.4) is 0 Å². The molecule has 0 aliphatic carbocycles. The molecule has 0 atom stereocenters. The number of amides is 2. The predicted octanol–water partition coefficient (Wildman–Crippen LogP) is 0.753. The number of hydrogen-bond donors (Lipinski definition) is 1. The van der Waals surface area contributed by atoms with Gasteiger partial charge in [0.2, 0.25) is 5.91 Å². The summed E-state index contributed by atoms with van der Waals surface area (Å²) in [6.45, 7) is 0.821. The molecule has 1 N–H and O–H groups in total. The number of nitrogens with zero attached hydrogens (tertiary/aromatic N) is 5. The third-order valence-corrected chi connectivity index (χ3v) is 4.47. The quantitative estimate of drug-likeness (QED) is 0.818. The van der Waals surface area contributed by atoms with Crippen LogP contribution in [0.5, 0.6) is 0 Å². The Kier molecular flexibility index (Phi) is 5.36. The molecule has 0 bridgehead atoms. The number of halogens is 2. The number of carboxylic acids is 1. The first-order chi connectivity index (χ1) is 12.9. The Balaban J connectivity index is 1.58. The van der Waals surface area contributed by atoms with Crippen molar-refractivity contribution < 1.29 is 23.9 Å². The Bertz CT molecular complexity index is 874. The van der Waals surface area contributed by atoms with Crippen molar-refractivity contribution in [1.29, 1.82) is 0 Å². The Labute approximate surface area is 157 Å². The Morgan fingerprint density at radius 2 is 1.81 bits per heavy atom. The van der Waals surface area contributed by atoms with Crippen molar-refractivity contribution in [2.45, 2.75) is 6.54 Å². The van der Waals surface area contributed by atoms with Gasteiger partial charge in [-0.2, -0.15) is 0 Å². The highest BCUT2D eigenvalue weighted by Gasteiger charge is 2.27. The molecule has 0 unspecified atom stereocenters. The van der Waals surface area contributed by atoms with E-state index in [4.69, 9.17) is 16.7 Å². The second kappa shape index (κ2) is 7.70. The summed E-state index contributed by atoms with van der Waals surface area (Å²) >= 11 is 5.93. The molecule has 0 saturated carbocycles. The lowest BCUT2D eigenvalue weighted by atomic mass is 10.1. The number of benzene rings is 1. The summed E-state index contributed by atoms with van der Waals surface area (Å²) in [6.07, 6.45) is 1.17. The number of aromatic carboxylic acids is 1. The Morgan fingerprint density at radius 3 is 2.41 bits per heavy atom. The van der Waals surface area contributed by atoms with Crippen molar-refractivity contribution in [2.75, 3.05) is 26.2 Å². The molecule has 9 nitrogen and oxygen atoms in total. The van der Waals surface area contributed by atoms with Crippen LogP contribution in [0.15, 0.2) is 24.4 Å². The van der Waals surface area contributed by atoms with Gasteiger partial charge in [0, 0.05) is 26.2 Å². The highest BCUT2D eigenvalue weighted by atomic mass is 35.5. The van der Waals surface area contributed by atoms with Gasteiger partial charge in [-0.3, -0.25) is 9.59 Å². The third-order valence-electron chi connectivity index (χ3n) is 4.15. The molecule has 2 amide bonds. The normalized spacial score (nSPS) is 14.3. The molecule has 1 aliphatic heterocycles. The van der Waals surface area contributed by atoms with Gasteiger partial charge in [0.15, 0.2) is 5.69 Å². The topological polar surface area (TPSA) is 109 Å². The largest absolute Gasteiger partial charge is 0.476 e. The Hall–Kier alpha value is -3.01. The number of carboxylic acid groups (broad SMARTS) is 1. The van der Waals surface area contributed by atoms with Gasteiger partial charge in [0.25, 0.3) is 5.91 Å². The van der Waals surface area contributed by atoms with Gasteiger partial charge < -0.3 is 14.9 Å². The first-order valence-electron chi connectivity index (χ1n) is 8.01. The monoisotopic (exact) mass is 395 g/mol. The Morgan fingerprint density at radius 1 is 1.15 bits per heavy atom. The first kappa shape index (κ1) is 18.8. The van der Waals surface area contributed by atoms with Crippen molar-refractivity contribution in [3.8, 4) is 0 Å². The van der Waals surface area contributed by atoms with E-state index < -0.39 is 17.7 Å². The standard InChI is InChI=1S/C16H15ClFN5O4/c17-10-2-1-3-11(18)14(10)15(25)22-6-4-21(5-7-22)13(24)9-23-8-12(16(26)27)19-20-23/h1-3,8H,4-7,9H2,(H,26,27). The van der Waals surface area contributed by atoms with Crippen LogP contribution in [0, 0.1) is 5.82 Å². The van der Waals surface area contributed by atoms with Crippen molar-refractivity contribution in [1.82, 2.24) is 24.8 Å². The smallest absolute Gasteiger partial charge is 0.358 e. The SMILES string of the molecule is O=C(O)c1cn(CC(=O)N2CCN(C(=O)c3c(F)cccc3Cl)CC2)nn1. The summed E-state index contributed by atoms with van der Waals surface area (Å²) in [5, 5.41) is 15.9. The molecule has 2 heterocycles. The molecule has 1 aliphatic rings. The van der Waals surface area contributed by atoms with Crippen LogP contribution in [0.4, 0.5) is 4.39 Å². The summed E-state index contributed by atoms with van der Waals surface area (Å²) in [5.74, 6) is -2.72. The van der Waals surface area contributed by atoms with E-state index >= 15 is 0 Å². The molecule has 1 aromatic heterocycles. The molecule has 1 saturated heterocycles. The summed E-state index contributed by atoms with van der Waals surface area (Å²) in [5.41, 5.74) is -0.428. The van der Waals surface area contributed by atoms with Crippen LogP contribution in [0.1, 0.15) is 20.8 Å². The lowest BCUT2D eigenvalue weighted by Crippen LogP contribution is -2.51. The van der Waals surface area contributed by atoms with Crippen LogP contribution < -0.4 is 0 Å². The van der Waals surface area contributed by atoms with E-state index in [-0.39, 0.29) is 54.9 Å². The van der Waals surface area contributed by atoms with E-state index in [1.807, 2.05) is 0 Å². The number of carbonyl (C=O) groups is 3. The molecule has 0 spiro atoms. The molecular formula is C16H15ClFN5O4. The average molecular weight is 396 g/mol. The fraction of sp³-hybridized carbons (Fsp3) is 0.312. The number of aromatic nitrogens is 3. The van der Waals surface area contributed by atoms with E-state index in [1.165, 1.54) is 34.2 Å². The first-order valence-corrected chi connectivity index (χ1v) is 8.39. The average Bonchev–Trinajstić information content (AvgIpc) is 3.10. The lowest BCUT2D eigenvalue weighted by molar-refractivity contribution is -0.133. The van der Waals surface area contributed by atoms with Gasteiger partial charge >= 0.3 is 5.97 Å². The predicted molar refractivity (Wildman–Crippen MR) is 90.9 cm³/mol. The molecule has 3 rings (SSSR count). The molecule has 27 heavy (non-hydrogen) atoms.